The summed E-state index contributed by atoms with van der Waals surface area (Å²) in [6.07, 6.45) is 4.08. The molecule has 0 heterocycles. The van der Waals surface area contributed by atoms with Crippen molar-refractivity contribution in [1.29, 1.82) is 0 Å². The summed E-state index contributed by atoms with van der Waals surface area (Å²) in [7, 11) is 0. The second kappa shape index (κ2) is 6.22. The van der Waals surface area contributed by atoms with E-state index in [1.807, 2.05) is 11.8 Å². The highest BCUT2D eigenvalue weighted by Gasteiger charge is 2.30. The maximum Gasteiger partial charge on any atom is 0.317 e. The Hall–Kier alpha value is -1.62. The topological polar surface area (TPSA) is 60.8 Å². The number of hydrogen-bond donors (Lipinski definition) is 2. The number of rotatable bonds is 5. The minimum Gasteiger partial charge on any atom is -0.508 e. The average molecular weight is 281 g/mol. The zero-order chi connectivity index (χ0) is 14.7. The molecule has 0 spiro atoms. The Labute approximate surface area is 117 Å². The van der Waals surface area contributed by atoms with Crippen LogP contribution in [0.5, 0.6) is 5.75 Å². The van der Waals surface area contributed by atoms with E-state index in [1.165, 1.54) is 18.2 Å². The van der Waals surface area contributed by atoms with Gasteiger partial charge in [-0.15, -0.1) is 0 Å². The van der Waals surface area contributed by atoms with Crippen molar-refractivity contribution in [3.63, 3.8) is 0 Å². The Morgan fingerprint density at radius 1 is 1.45 bits per heavy atom. The summed E-state index contributed by atoms with van der Waals surface area (Å²) >= 11 is 0. The van der Waals surface area contributed by atoms with Gasteiger partial charge in [-0.2, -0.15) is 0 Å². The molecular formula is C15H20FNO3. The van der Waals surface area contributed by atoms with Gasteiger partial charge in [0.15, 0.2) is 0 Å². The Morgan fingerprint density at radius 2 is 2.10 bits per heavy atom. The monoisotopic (exact) mass is 281 g/mol. The van der Waals surface area contributed by atoms with Crippen LogP contribution in [0.1, 0.15) is 44.2 Å². The molecule has 0 aromatic heterocycles. The van der Waals surface area contributed by atoms with Crippen molar-refractivity contribution >= 4 is 5.97 Å². The number of aromatic hydroxyl groups is 1. The van der Waals surface area contributed by atoms with Crippen LogP contribution >= 0.6 is 0 Å². The van der Waals surface area contributed by atoms with E-state index in [4.69, 9.17) is 5.11 Å². The van der Waals surface area contributed by atoms with E-state index in [1.54, 1.807) is 0 Å². The Morgan fingerprint density at radius 3 is 2.70 bits per heavy atom. The first-order valence-electron chi connectivity index (χ1n) is 6.95. The lowest BCUT2D eigenvalue weighted by Gasteiger charge is -2.33. The smallest absolute Gasteiger partial charge is 0.317 e. The molecule has 1 atom stereocenters. The van der Waals surface area contributed by atoms with E-state index in [-0.39, 0.29) is 24.4 Å². The van der Waals surface area contributed by atoms with Crippen molar-refractivity contribution in [2.75, 3.05) is 6.54 Å². The molecule has 0 bridgehead atoms. The third-order valence-corrected chi connectivity index (χ3v) is 4.05. The number of carbonyl (C=O) groups is 1. The highest BCUT2D eigenvalue weighted by atomic mass is 19.1. The maximum absolute atomic E-state index is 13.4. The van der Waals surface area contributed by atoms with Crippen LogP contribution in [0.4, 0.5) is 4.39 Å². The molecule has 1 aromatic carbocycles. The number of halogens is 1. The van der Waals surface area contributed by atoms with E-state index in [0.717, 1.165) is 25.7 Å². The van der Waals surface area contributed by atoms with Crippen LogP contribution in [0.2, 0.25) is 0 Å². The SMILES string of the molecule is CC(c1cc(F)ccc1O)N(CC(=O)O)C1CCCC1. The van der Waals surface area contributed by atoms with Crippen LogP contribution < -0.4 is 0 Å². The number of aliphatic carboxylic acids is 1. The minimum absolute atomic E-state index is 0.00675. The average Bonchev–Trinajstić information content (AvgIpc) is 2.91. The standard InChI is InChI=1S/C15H20FNO3/c1-10(13-8-11(16)6-7-14(13)18)17(9-15(19)20)12-4-2-3-5-12/h6-8,10,12,18H,2-5,9H2,1H3,(H,19,20). The van der Waals surface area contributed by atoms with Gasteiger partial charge in [-0.1, -0.05) is 12.8 Å². The summed E-state index contributed by atoms with van der Waals surface area (Å²) < 4.78 is 13.4. The van der Waals surface area contributed by atoms with Gasteiger partial charge in [-0.05, 0) is 38.0 Å². The number of nitrogens with zero attached hydrogens (tertiary/aromatic N) is 1. The van der Waals surface area contributed by atoms with Gasteiger partial charge in [-0.3, -0.25) is 9.69 Å². The Bertz CT molecular complexity index is 486. The van der Waals surface area contributed by atoms with Crippen LogP contribution in [-0.2, 0) is 4.79 Å². The summed E-state index contributed by atoms with van der Waals surface area (Å²) in [6, 6.07) is 3.65. The molecule has 5 heteroatoms. The van der Waals surface area contributed by atoms with E-state index >= 15 is 0 Å². The highest BCUT2D eigenvalue weighted by molar-refractivity contribution is 5.69. The summed E-state index contributed by atoms with van der Waals surface area (Å²) in [6.45, 7) is 1.72. The molecule has 1 saturated carbocycles. The maximum atomic E-state index is 13.4. The number of carboxylic acid groups (broad SMARTS) is 1. The molecule has 1 aromatic rings. The van der Waals surface area contributed by atoms with Crippen molar-refractivity contribution in [2.24, 2.45) is 0 Å². The third kappa shape index (κ3) is 3.28. The van der Waals surface area contributed by atoms with Crippen LogP contribution in [-0.4, -0.2) is 33.7 Å². The molecule has 2 N–H and O–H groups in total. The van der Waals surface area contributed by atoms with Crippen LogP contribution in [0.3, 0.4) is 0 Å². The molecule has 1 aliphatic carbocycles. The second-order valence-corrected chi connectivity index (χ2v) is 5.38. The zero-order valence-corrected chi connectivity index (χ0v) is 11.6. The number of phenolic OH excluding ortho intramolecular Hbond substituents is 1. The van der Waals surface area contributed by atoms with Gasteiger partial charge in [-0.25, -0.2) is 4.39 Å². The lowest BCUT2D eigenvalue weighted by molar-refractivity contribution is -0.139. The first-order valence-corrected chi connectivity index (χ1v) is 6.95. The van der Waals surface area contributed by atoms with E-state index in [0.29, 0.717) is 5.56 Å². The molecule has 2 rings (SSSR count). The molecular weight excluding hydrogens is 261 g/mol. The predicted octanol–water partition coefficient (Wildman–Crippen LogP) is 2.92. The molecule has 110 valence electrons. The van der Waals surface area contributed by atoms with Crippen molar-refractivity contribution in [1.82, 2.24) is 4.90 Å². The number of carboxylic acids is 1. The van der Waals surface area contributed by atoms with Gasteiger partial charge in [0.25, 0.3) is 0 Å². The summed E-state index contributed by atoms with van der Waals surface area (Å²) in [5.41, 5.74) is 0.443. The molecule has 0 amide bonds. The van der Waals surface area contributed by atoms with E-state index in [2.05, 4.69) is 0 Å². The molecule has 0 aliphatic heterocycles. The molecule has 20 heavy (non-hydrogen) atoms. The highest BCUT2D eigenvalue weighted by Crippen LogP contribution is 2.34. The number of phenols is 1. The number of hydrogen-bond acceptors (Lipinski definition) is 3. The van der Waals surface area contributed by atoms with Crippen LogP contribution in [0.25, 0.3) is 0 Å². The van der Waals surface area contributed by atoms with Crippen LogP contribution in [0.15, 0.2) is 18.2 Å². The lowest BCUT2D eigenvalue weighted by atomic mass is 10.0. The van der Waals surface area contributed by atoms with Crippen molar-refractivity contribution in [2.45, 2.75) is 44.7 Å². The normalized spacial score (nSPS) is 17.6. The zero-order valence-electron chi connectivity index (χ0n) is 11.6. The molecule has 1 unspecified atom stereocenters. The van der Waals surface area contributed by atoms with Crippen molar-refractivity contribution in [3.05, 3.63) is 29.6 Å². The Balaban J connectivity index is 2.26. The largest absolute Gasteiger partial charge is 0.508 e. The third-order valence-electron chi connectivity index (χ3n) is 4.05. The summed E-state index contributed by atoms with van der Waals surface area (Å²) in [4.78, 5) is 12.9. The second-order valence-electron chi connectivity index (χ2n) is 5.38. The van der Waals surface area contributed by atoms with E-state index in [9.17, 15) is 14.3 Å². The van der Waals surface area contributed by atoms with Gasteiger partial charge >= 0.3 is 5.97 Å². The quantitative estimate of drug-likeness (QED) is 0.871. The van der Waals surface area contributed by atoms with Gasteiger partial charge in [0.2, 0.25) is 0 Å². The van der Waals surface area contributed by atoms with Gasteiger partial charge < -0.3 is 10.2 Å². The molecule has 1 fully saturated rings. The van der Waals surface area contributed by atoms with Gasteiger partial charge in [0, 0.05) is 17.6 Å². The van der Waals surface area contributed by atoms with Crippen molar-refractivity contribution < 1.29 is 19.4 Å². The summed E-state index contributed by atoms with van der Waals surface area (Å²) in [5.74, 6) is -1.32. The fraction of sp³-hybridized carbons (Fsp3) is 0.533. The number of benzene rings is 1. The molecule has 1 aliphatic rings. The molecule has 0 radical (unpaired) electrons. The van der Waals surface area contributed by atoms with Gasteiger partial charge in [0.05, 0.1) is 6.54 Å². The van der Waals surface area contributed by atoms with E-state index < -0.39 is 11.8 Å². The Kier molecular flexibility index (Phi) is 4.60. The molecule has 4 nitrogen and oxygen atoms in total. The fourth-order valence-electron chi connectivity index (χ4n) is 3.01. The lowest BCUT2D eigenvalue weighted by Crippen LogP contribution is -2.39. The minimum atomic E-state index is -0.903. The van der Waals surface area contributed by atoms with Crippen molar-refractivity contribution in [3.8, 4) is 5.75 Å². The fourth-order valence-corrected chi connectivity index (χ4v) is 3.01. The van der Waals surface area contributed by atoms with Gasteiger partial charge in [0.1, 0.15) is 11.6 Å². The summed E-state index contributed by atoms with van der Waals surface area (Å²) in [5, 5.41) is 19.0. The van der Waals surface area contributed by atoms with Crippen LogP contribution in [0, 0.1) is 5.82 Å². The molecule has 0 saturated heterocycles. The first kappa shape index (κ1) is 14.8. The predicted molar refractivity (Wildman–Crippen MR) is 73.1 cm³/mol. The first-order chi connectivity index (χ1) is 9.49.